The van der Waals surface area contributed by atoms with Crippen LogP contribution in [0.5, 0.6) is 0 Å². The maximum absolute atomic E-state index is 4.57. The van der Waals surface area contributed by atoms with E-state index in [4.69, 9.17) is 0 Å². The normalized spacial score (nSPS) is 12.8. The Labute approximate surface area is 129 Å². The fraction of sp³-hybridized carbons (Fsp3) is 0.769. The molecular weight excluding hydrogens is 339 g/mol. The summed E-state index contributed by atoms with van der Waals surface area (Å²) in [7, 11) is 0. The van der Waals surface area contributed by atoms with Crippen LogP contribution in [0, 0.1) is 0 Å². The summed E-state index contributed by atoms with van der Waals surface area (Å²) in [5.74, 6) is 0.867. The zero-order valence-electron chi connectivity index (χ0n) is 12.2. The number of hydrogen-bond acceptors (Lipinski definition) is 2. The predicted molar refractivity (Wildman–Crippen MR) is 92.0 cm³/mol. The molecule has 0 heterocycles. The van der Waals surface area contributed by atoms with Crippen LogP contribution in [-0.2, 0) is 0 Å². The third-order valence-corrected chi connectivity index (χ3v) is 2.71. The molecule has 0 aliphatic heterocycles. The van der Waals surface area contributed by atoms with Gasteiger partial charge in [-0.05, 0) is 26.9 Å². The average molecular weight is 368 g/mol. The van der Waals surface area contributed by atoms with Crippen molar-refractivity contribution in [1.29, 1.82) is 0 Å². The summed E-state index contributed by atoms with van der Waals surface area (Å²) in [4.78, 5) is 6.98. The first-order valence-corrected chi connectivity index (χ1v) is 6.56. The minimum absolute atomic E-state index is 0. The molecule has 0 aliphatic rings. The Morgan fingerprint density at radius 2 is 1.89 bits per heavy atom. The molecule has 0 fully saturated rings. The van der Waals surface area contributed by atoms with Crippen LogP contribution in [0.25, 0.3) is 0 Å². The van der Waals surface area contributed by atoms with Gasteiger partial charge in [0.15, 0.2) is 5.96 Å². The van der Waals surface area contributed by atoms with Crippen molar-refractivity contribution in [2.75, 3.05) is 32.7 Å². The van der Waals surface area contributed by atoms with Crippen molar-refractivity contribution in [3.63, 3.8) is 0 Å². The molecule has 1 unspecified atom stereocenters. The molecule has 1 atom stereocenters. The molecule has 5 heteroatoms. The lowest BCUT2D eigenvalue weighted by Crippen LogP contribution is -2.40. The van der Waals surface area contributed by atoms with Crippen LogP contribution >= 0.6 is 24.0 Å². The van der Waals surface area contributed by atoms with Gasteiger partial charge in [0, 0.05) is 19.1 Å². The molecule has 0 spiro atoms. The molecule has 18 heavy (non-hydrogen) atoms. The van der Waals surface area contributed by atoms with E-state index in [0.29, 0.717) is 6.04 Å². The number of nitrogens with one attached hydrogen (secondary N) is 2. The topological polar surface area (TPSA) is 39.7 Å². The molecule has 0 saturated heterocycles. The first-order valence-electron chi connectivity index (χ1n) is 6.56. The molecule has 0 aromatic carbocycles. The van der Waals surface area contributed by atoms with Crippen molar-refractivity contribution in [1.82, 2.24) is 15.5 Å². The van der Waals surface area contributed by atoms with Gasteiger partial charge >= 0.3 is 0 Å². The minimum atomic E-state index is 0. The van der Waals surface area contributed by atoms with Crippen LogP contribution in [0.4, 0.5) is 0 Å². The summed E-state index contributed by atoms with van der Waals surface area (Å²) < 4.78 is 0. The van der Waals surface area contributed by atoms with E-state index in [1.165, 1.54) is 0 Å². The lowest BCUT2D eigenvalue weighted by Gasteiger charge is -2.25. The molecule has 0 radical (unpaired) electrons. The van der Waals surface area contributed by atoms with Crippen LogP contribution in [0.2, 0.25) is 0 Å². The Morgan fingerprint density at radius 1 is 1.28 bits per heavy atom. The summed E-state index contributed by atoms with van der Waals surface area (Å²) in [6.45, 7) is 16.9. The van der Waals surface area contributed by atoms with Gasteiger partial charge in [-0.2, -0.15) is 0 Å². The zero-order chi connectivity index (χ0) is 13.1. The van der Waals surface area contributed by atoms with Crippen molar-refractivity contribution in [2.45, 2.75) is 33.7 Å². The largest absolute Gasteiger partial charge is 0.357 e. The summed E-state index contributed by atoms with van der Waals surface area (Å²) in [6, 6.07) is 0.476. The molecule has 0 amide bonds. The molecule has 0 rings (SSSR count). The second-order valence-electron chi connectivity index (χ2n) is 3.96. The smallest absolute Gasteiger partial charge is 0.191 e. The molecule has 0 bridgehead atoms. The van der Waals surface area contributed by atoms with Crippen LogP contribution in [0.1, 0.15) is 27.7 Å². The van der Waals surface area contributed by atoms with Gasteiger partial charge in [-0.15, -0.1) is 30.6 Å². The van der Waals surface area contributed by atoms with E-state index < -0.39 is 0 Å². The maximum Gasteiger partial charge on any atom is 0.191 e. The molecule has 4 nitrogen and oxygen atoms in total. The zero-order valence-corrected chi connectivity index (χ0v) is 14.5. The fourth-order valence-electron chi connectivity index (χ4n) is 1.70. The molecule has 0 aromatic heterocycles. The van der Waals surface area contributed by atoms with Gasteiger partial charge in [0.05, 0.1) is 6.54 Å². The summed E-state index contributed by atoms with van der Waals surface area (Å²) in [6.07, 6.45) is 1.83. The molecule has 108 valence electrons. The van der Waals surface area contributed by atoms with E-state index in [2.05, 4.69) is 54.8 Å². The first-order chi connectivity index (χ1) is 8.19. The van der Waals surface area contributed by atoms with Gasteiger partial charge in [0.25, 0.3) is 0 Å². The van der Waals surface area contributed by atoms with Crippen molar-refractivity contribution in [3.8, 4) is 0 Å². The van der Waals surface area contributed by atoms with E-state index in [-0.39, 0.29) is 24.0 Å². The Balaban J connectivity index is 0. The monoisotopic (exact) mass is 368 g/mol. The number of guanidine groups is 1. The summed E-state index contributed by atoms with van der Waals surface area (Å²) >= 11 is 0. The number of likely N-dealkylation sites (N-methyl/N-ethyl adjacent to an activating group) is 1. The van der Waals surface area contributed by atoms with Gasteiger partial charge in [-0.1, -0.05) is 19.9 Å². The van der Waals surface area contributed by atoms with Crippen LogP contribution in [0.3, 0.4) is 0 Å². The summed E-state index contributed by atoms with van der Waals surface area (Å²) in [5, 5.41) is 6.42. The Morgan fingerprint density at radius 3 is 2.33 bits per heavy atom. The highest BCUT2D eigenvalue weighted by atomic mass is 127. The van der Waals surface area contributed by atoms with Gasteiger partial charge in [0.1, 0.15) is 0 Å². The van der Waals surface area contributed by atoms with Gasteiger partial charge in [0.2, 0.25) is 0 Å². The van der Waals surface area contributed by atoms with E-state index in [1.54, 1.807) is 0 Å². The second kappa shape index (κ2) is 13.1. The number of hydrogen-bond donors (Lipinski definition) is 2. The fourth-order valence-corrected chi connectivity index (χ4v) is 1.70. The van der Waals surface area contributed by atoms with Crippen LogP contribution in [-0.4, -0.2) is 49.6 Å². The number of rotatable bonds is 8. The third kappa shape index (κ3) is 8.74. The predicted octanol–water partition coefficient (Wildman–Crippen LogP) is 2.08. The maximum atomic E-state index is 4.57. The SMILES string of the molecule is C=CCNC(=NCC(C)N(CC)CC)NCC.I. The third-order valence-electron chi connectivity index (χ3n) is 2.71. The van der Waals surface area contributed by atoms with E-state index >= 15 is 0 Å². The molecular formula is C13H29IN4. The van der Waals surface area contributed by atoms with E-state index in [9.17, 15) is 0 Å². The highest BCUT2D eigenvalue weighted by molar-refractivity contribution is 14.0. The van der Waals surface area contributed by atoms with Gasteiger partial charge < -0.3 is 10.6 Å². The van der Waals surface area contributed by atoms with Crippen LogP contribution in [0.15, 0.2) is 17.6 Å². The molecule has 2 N–H and O–H groups in total. The average Bonchev–Trinajstić information content (AvgIpc) is 2.34. The number of nitrogens with zero attached hydrogens (tertiary/aromatic N) is 2. The minimum Gasteiger partial charge on any atom is -0.357 e. The Hall–Kier alpha value is -0.300. The Bertz CT molecular complexity index is 227. The number of aliphatic imine (C=N–C) groups is 1. The quantitative estimate of drug-likeness (QED) is 0.298. The first kappa shape index (κ1) is 20.0. The van der Waals surface area contributed by atoms with Crippen molar-refractivity contribution in [3.05, 3.63) is 12.7 Å². The molecule has 0 aromatic rings. The highest BCUT2D eigenvalue weighted by Gasteiger charge is 2.09. The lowest BCUT2D eigenvalue weighted by molar-refractivity contribution is 0.237. The van der Waals surface area contributed by atoms with Crippen molar-refractivity contribution < 1.29 is 0 Å². The van der Waals surface area contributed by atoms with Crippen LogP contribution < -0.4 is 10.6 Å². The molecule has 0 saturated carbocycles. The van der Waals surface area contributed by atoms with E-state index in [1.807, 2.05) is 6.08 Å². The van der Waals surface area contributed by atoms with Crippen molar-refractivity contribution >= 4 is 29.9 Å². The van der Waals surface area contributed by atoms with Crippen molar-refractivity contribution in [2.24, 2.45) is 4.99 Å². The Kier molecular flexibility index (Phi) is 14.6. The highest BCUT2D eigenvalue weighted by Crippen LogP contribution is 1.98. The van der Waals surface area contributed by atoms with E-state index in [0.717, 1.165) is 38.7 Å². The number of halogens is 1. The molecule has 0 aliphatic carbocycles. The van der Waals surface area contributed by atoms with Gasteiger partial charge in [-0.25, -0.2) is 0 Å². The lowest BCUT2D eigenvalue weighted by atomic mass is 10.3. The van der Waals surface area contributed by atoms with Gasteiger partial charge in [-0.3, -0.25) is 9.89 Å². The summed E-state index contributed by atoms with van der Waals surface area (Å²) in [5.41, 5.74) is 0. The second-order valence-corrected chi connectivity index (χ2v) is 3.96. The standard InChI is InChI=1S/C13H28N4.HI/c1-6-10-15-13(14-7-2)16-11-12(5)17(8-3)9-4;/h6,12H,1,7-11H2,2-5H3,(H2,14,15,16);1H.